The zero-order chi connectivity index (χ0) is 20.5. The van der Waals surface area contributed by atoms with Gasteiger partial charge in [-0.1, -0.05) is 40.9 Å². The lowest BCUT2D eigenvalue weighted by Crippen LogP contribution is -2.44. The molecule has 4 rings (SSSR count). The lowest BCUT2D eigenvalue weighted by molar-refractivity contribution is -0.139. The number of hydrogen-bond donors (Lipinski definition) is 0. The Morgan fingerprint density at radius 2 is 1.97 bits per heavy atom. The molecule has 0 saturated carbocycles. The maximum atomic E-state index is 12.8. The molecule has 2 heterocycles. The van der Waals surface area contributed by atoms with E-state index in [1.807, 2.05) is 6.07 Å². The second-order valence-electron chi connectivity index (χ2n) is 7.08. The van der Waals surface area contributed by atoms with E-state index in [0.717, 1.165) is 23.9 Å². The molecule has 1 unspecified atom stereocenters. The number of piperidine rings is 1. The summed E-state index contributed by atoms with van der Waals surface area (Å²) in [6.45, 7) is 2.94. The Morgan fingerprint density at radius 3 is 2.72 bits per heavy atom. The molecule has 0 radical (unpaired) electrons. The number of ether oxygens (including phenoxy) is 1. The number of likely N-dealkylation sites (tertiary alicyclic amines) is 1. The van der Waals surface area contributed by atoms with Crippen molar-refractivity contribution in [1.82, 2.24) is 9.88 Å². The zero-order valence-corrected chi connectivity index (χ0v) is 18.0. The first-order chi connectivity index (χ1) is 13.9. The Hall–Kier alpha value is -1.95. The van der Waals surface area contributed by atoms with Crippen molar-refractivity contribution in [1.29, 1.82) is 0 Å². The molecule has 0 aliphatic carbocycles. The van der Waals surface area contributed by atoms with Gasteiger partial charge in [0.15, 0.2) is 17.6 Å². The summed E-state index contributed by atoms with van der Waals surface area (Å²) in [4.78, 5) is 19.2. The molecule has 1 saturated heterocycles. The maximum absolute atomic E-state index is 12.8. The Kier molecular flexibility index (Phi) is 5.91. The van der Waals surface area contributed by atoms with Crippen molar-refractivity contribution in [2.45, 2.75) is 31.8 Å². The number of carbonyl (C=O) groups excluding carboxylic acids is 1. The van der Waals surface area contributed by atoms with Crippen LogP contribution < -0.4 is 4.74 Å². The van der Waals surface area contributed by atoms with Crippen LogP contribution in [0, 0.1) is 0 Å². The van der Waals surface area contributed by atoms with Gasteiger partial charge < -0.3 is 14.1 Å². The van der Waals surface area contributed by atoms with Crippen molar-refractivity contribution in [3.8, 4) is 5.75 Å². The normalized spacial score (nSPS) is 16.2. The number of oxazole rings is 1. The van der Waals surface area contributed by atoms with Crippen LogP contribution in [0.4, 0.5) is 0 Å². The molecule has 1 aliphatic rings. The molecular formula is C21H19Cl3N2O3. The number of nitrogens with zero attached hydrogens (tertiary/aromatic N) is 2. The molecule has 8 heteroatoms. The summed E-state index contributed by atoms with van der Waals surface area (Å²) >= 11 is 18.2. The van der Waals surface area contributed by atoms with Crippen LogP contribution in [0.25, 0.3) is 11.1 Å². The molecule has 1 aromatic heterocycles. The predicted molar refractivity (Wildman–Crippen MR) is 114 cm³/mol. The third-order valence-corrected chi connectivity index (χ3v) is 6.13. The van der Waals surface area contributed by atoms with E-state index in [0.29, 0.717) is 39.8 Å². The second kappa shape index (κ2) is 8.42. The Morgan fingerprint density at radius 1 is 1.21 bits per heavy atom. The van der Waals surface area contributed by atoms with Gasteiger partial charge >= 0.3 is 0 Å². The summed E-state index contributed by atoms with van der Waals surface area (Å²) in [7, 11) is 0. The summed E-state index contributed by atoms with van der Waals surface area (Å²) < 4.78 is 11.6. The number of aromatic nitrogens is 1. The first-order valence-electron chi connectivity index (χ1n) is 9.38. The van der Waals surface area contributed by atoms with Gasteiger partial charge in [-0.15, -0.1) is 0 Å². The lowest BCUT2D eigenvalue weighted by Gasteiger charge is -2.32. The van der Waals surface area contributed by atoms with Crippen molar-refractivity contribution >= 4 is 51.8 Å². The van der Waals surface area contributed by atoms with Crippen LogP contribution >= 0.6 is 34.8 Å². The summed E-state index contributed by atoms with van der Waals surface area (Å²) in [5, 5.41) is 1.33. The number of carbonyl (C=O) groups is 1. The highest BCUT2D eigenvalue weighted by atomic mass is 35.5. The van der Waals surface area contributed by atoms with Gasteiger partial charge in [0, 0.05) is 24.0 Å². The van der Waals surface area contributed by atoms with Gasteiger partial charge in [0.1, 0.15) is 16.3 Å². The number of hydrogen-bond acceptors (Lipinski definition) is 4. The minimum absolute atomic E-state index is 0.0798. The summed E-state index contributed by atoms with van der Waals surface area (Å²) in [5.74, 6) is 1.19. The number of fused-ring (bicyclic) bond motifs is 1. The van der Waals surface area contributed by atoms with Crippen LogP contribution in [0.15, 0.2) is 40.8 Å². The van der Waals surface area contributed by atoms with Crippen LogP contribution in [-0.2, 0) is 4.79 Å². The highest BCUT2D eigenvalue weighted by molar-refractivity contribution is 6.42. The molecular weight excluding hydrogens is 435 g/mol. The zero-order valence-electron chi connectivity index (χ0n) is 15.7. The van der Waals surface area contributed by atoms with Crippen LogP contribution in [0.1, 0.15) is 31.6 Å². The monoisotopic (exact) mass is 452 g/mol. The average molecular weight is 454 g/mol. The summed E-state index contributed by atoms with van der Waals surface area (Å²) in [6.07, 6.45) is 0.891. The molecule has 1 amide bonds. The van der Waals surface area contributed by atoms with E-state index in [9.17, 15) is 4.79 Å². The quantitative estimate of drug-likeness (QED) is 0.489. The second-order valence-corrected chi connectivity index (χ2v) is 8.30. The van der Waals surface area contributed by atoms with E-state index in [-0.39, 0.29) is 11.8 Å². The Balaban J connectivity index is 1.38. The lowest BCUT2D eigenvalue weighted by atomic mass is 9.96. The Labute approximate surface area is 183 Å². The fraction of sp³-hybridized carbons (Fsp3) is 0.333. The van der Waals surface area contributed by atoms with Gasteiger partial charge in [0.05, 0.1) is 5.02 Å². The molecule has 29 heavy (non-hydrogen) atoms. The van der Waals surface area contributed by atoms with E-state index in [4.69, 9.17) is 44.0 Å². The van der Waals surface area contributed by atoms with Crippen LogP contribution in [0.5, 0.6) is 5.75 Å². The van der Waals surface area contributed by atoms with E-state index in [1.165, 1.54) is 0 Å². The van der Waals surface area contributed by atoms with Crippen molar-refractivity contribution in [2.24, 2.45) is 0 Å². The molecule has 3 aromatic rings. The van der Waals surface area contributed by atoms with Crippen molar-refractivity contribution in [3.05, 3.63) is 57.4 Å². The summed E-state index contributed by atoms with van der Waals surface area (Å²) in [5.41, 5.74) is 1.48. The first kappa shape index (κ1) is 20.3. The van der Waals surface area contributed by atoms with Gasteiger partial charge in [-0.25, -0.2) is 4.98 Å². The third-order valence-electron chi connectivity index (χ3n) is 5.09. The largest absolute Gasteiger partial charge is 0.479 e. The molecule has 1 aliphatic heterocycles. The number of rotatable bonds is 4. The maximum Gasteiger partial charge on any atom is 0.263 e. The van der Waals surface area contributed by atoms with E-state index < -0.39 is 6.10 Å². The van der Waals surface area contributed by atoms with Gasteiger partial charge in [-0.05, 0) is 50.1 Å². The highest BCUT2D eigenvalue weighted by Gasteiger charge is 2.30. The van der Waals surface area contributed by atoms with Crippen molar-refractivity contribution < 1.29 is 13.9 Å². The van der Waals surface area contributed by atoms with Gasteiger partial charge in [-0.2, -0.15) is 0 Å². The smallest absolute Gasteiger partial charge is 0.263 e. The first-order valence-corrected chi connectivity index (χ1v) is 10.5. The molecule has 0 bridgehead atoms. The van der Waals surface area contributed by atoms with Gasteiger partial charge in [0.2, 0.25) is 0 Å². The SMILES string of the molecule is CC(Oc1cccc(Cl)c1Cl)C(=O)N1CCC(c2nc3cc(Cl)ccc3o2)CC1. The van der Waals surface area contributed by atoms with Crippen LogP contribution in [-0.4, -0.2) is 35.0 Å². The van der Waals surface area contributed by atoms with Gasteiger partial charge in [0.25, 0.3) is 5.91 Å². The van der Waals surface area contributed by atoms with Crippen LogP contribution in [0.2, 0.25) is 15.1 Å². The summed E-state index contributed by atoms with van der Waals surface area (Å²) in [6, 6.07) is 10.5. The van der Waals surface area contributed by atoms with E-state index >= 15 is 0 Å². The number of amides is 1. The minimum atomic E-state index is -0.658. The molecule has 0 N–H and O–H groups in total. The third kappa shape index (κ3) is 4.32. The van der Waals surface area contributed by atoms with Crippen molar-refractivity contribution in [3.63, 3.8) is 0 Å². The van der Waals surface area contributed by atoms with E-state index in [2.05, 4.69) is 4.98 Å². The van der Waals surface area contributed by atoms with Crippen LogP contribution in [0.3, 0.4) is 0 Å². The molecule has 2 aromatic carbocycles. The number of halogens is 3. The fourth-order valence-electron chi connectivity index (χ4n) is 3.51. The molecule has 5 nitrogen and oxygen atoms in total. The van der Waals surface area contributed by atoms with Crippen molar-refractivity contribution in [2.75, 3.05) is 13.1 Å². The fourth-order valence-corrected chi connectivity index (χ4v) is 4.02. The minimum Gasteiger partial charge on any atom is -0.479 e. The molecule has 0 spiro atoms. The molecule has 152 valence electrons. The van der Waals surface area contributed by atoms with Gasteiger partial charge in [-0.3, -0.25) is 4.79 Å². The number of benzene rings is 2. The molecule has 1 fully saturated rings. The molecule has 1 atom stereocenters. The standard InChI is InChI=1S/C21H19Cl3N2O3/c1-12(28-18-4-2-3-15(23)19(18)24)21(27)26-9-7-13(8-10-26)20-25-16-11-14(22)5-6-17(16)29-20/h2-6,11-13H,7-10H2,1H3. The highest BCUT2D eigenvalue weighted by Crippen LogP contribution is 2.33. The van der Waals surface area contributed by atoms with E-state index in [1.54, 1.807) is 42.2 Å². The average Bonchev–Trinajstić information content (AvgIpc) is 3.14. The Bertz CT molecular complexity index is 1040. The topological polar surface area (TPSA) is 55.6 Å². The predicted octanol–water partition coefficient (Wildman–Crippen LogP) is 5.96.